The number of benzene rings is 1. The molecule has 23 heavy (non-hydrogen) atoms. The Morgan fingerprint density at radius 1 is 1.35 bits per heavy atom. The van der Waals surface area contributed by atoms with Gasteiger partial charge < -0.3 is 10.1 Å². The molecule has 1 aliphatic rings. The van der Waals surface area contributed by atoms with E-state index in [9.17, 15) is 13.2 Å². The molecule has 1 unspecified atom stereocenters. The van der Waals surface area contributed by atoms with Crippen molar-refractivity contribution >= 4 is 15.9 Å². The molecular weight excluding hydrogens is 316 g/mol. The lowest BCUT2D eigenvalue weighted by Crippen LogP contribution is -2.32. The summed E-state index contributed by atoms with van der Waals surface area (Å²) in [6, 6.07) is 4.44. The van der Waals surface area contributed by atoms with Crippen LogP contribution in [0.5, 0.6) is 5.75 Å². The van der Waals surface area contributed by atoms with Crippen molar-refractivity contribution in [3.05, 3.63) is 23.8 Å². The van der Waals surface area contributed by atoms with Gasteiger partial charge in [-0.15, -0.1) is 0 Å². The number of sulfonamides is 1. The number of carbonyl (C=O) groups is 1. The van der Waals surface area contributed by atoms with Gasteiger partial charge in [-0.25, -0.2) is 8.42 Å². The van der Waals surface area contributed by atoms with Crippen LogP contribution in [0, 0.1) is 0 Å². The summed E-state index contributed by atoms with van der Waals surface area (Å²) in [6.07, 6.45) is 2.54. The van der Waals surface area contributed by atoms with Gasteiger partial charge in [0.05, 0.1) is 17.6 Å². The van der Waals surface area contributed by atoms with Crippen molar-refractivity contribution in [1.82, 2.24) is 9.62 Å². The van der Waals surface area contributed by atoms with E-state index in [1.807, 2.05) is 13.8 Å². The number of methoxy groups -OCH3 is 1. The van der Waals surface area contributed by atoms with Gasteiger partial charge in [0.1, 0.15) is 5.75 Å². The summed E-state index contributed by atoms with van der Waals surface area (Å²) in [5.41, 5.74) is 0.244. The SMILES string of the molecule is CCC(C)NC(=O)c1cc(S(=O)(=O)N2CCCC2)ccc1OC. The fourth-order valence-corrected chi connectivity index (χ4v) is 4.05. The largest absolute Gasteiger partial charge is 0.496 e. The van der Waals surface area contributed by atoms with E-state index in [0.29, 0.717) is 18.8 Å². The lowest BCUT2D eigenvalue weighted by molar-refractivity contribution is 0.0936. The van der Waals surface area contributed by atoms with E-state index in [4.69, 9.17) is 4.74 Å². The Hall–Kier alpha value is -1.60. The Labute approximate surface area is 137 Å². The molecule has 1 heterocycles. The lowest BCUT2D eigenvalue weighted by atomic mass is 10.1. The minimum Gasteiger partial charge on any atom is -0.496 e. The molecule has 6 nitrogen and oxygen atoms in total. The van der Waals surface area contributed by atoms with E-state index in [1.165, 1.54) is 29.6 Å². The summed E-state index contributed by atoms with van der Waals surface area (Å²) in [6.45, 7) is 4.93. The Bertz CT molecular complexity index is 667. The summed E-state index contributed by atoms with van der Waals surface area (Å²) in [5, 5.41) is 2.84. The molecular formula is C16H24N2O4S. The Balaban J connectivity index is 2.37. The Morgan fingerprint density at radius 3 is 2.57 bits per heavy atom. The topological polar surface area (TPSA) is 75.7 Å². The summed E-state index contributed by atoms with van der Waals surface area (Å²) >= 11 is 0. The molecule has 1 aromatic rings. The van der Waals surface area contributed by atoms with Crippen LogP contribution < -0.4 is 10.1 Å². The second-order valence-electron chi connectivity index (χ2n) is 5.76. The fourth-order valence-electron chi connectivity index (χ4n) is 2.51. The summed E-state index contributed by atoms with van der Waals surface area (Å²) in [7, 11) is -2.09. The summed E-state index contributed by atoms with van der Waals surface area (Å²) in [4.78, 5) is 12.5. The van der Waals surface area contributed by atoms with Gasteiger partial charge in [-0.1, -0.05) is 6.92 Å². The average molecular weight is 340 g/mol. The highest BCUT2D eigenvalue weighted by atomic mass is 32.2. The smallest absolute Gasteiger partial charge is 0.255 e. The van der Waals surface area contributed by atoms with E-state index in [0.717, 1.165) is 19.3 Å². The van der Waals surface area contributed by atoms with Crippen LogP contribution in [0.15, 0.2) is 23.1 Å². The second kappa shape index (κ2) is 7.31. The quantitative estimate of drug-likeness (QED) is 0.859. The average Bonchev–Trinajstić information content (AvgIpc) is 3.09. The maximum absolute atomic E-state index is 12.6. The summed E-state index contributed by atoms with van der Waals surface area (Å²) < 4.78 is 32.0. The zero-order chi connectivity index (χ0) is 17.0. The highest BCUT2D eigenvalue weighted by Crippen LogP contribution is 2.26. The fraction of sp³-hybridized carbons (Fsp3) is 0.562. The van der Waals surface area contributed by atoms with Gasteiger partial charge in [0.2, 0.25) is 10.0 Å². The van der Waals surface area contributed by atoms with Crippen molar-refractivity contribution in [3.8, 4) is 5.75 Å². The third-order valence-corrected chi connectivity index (χ3v) is 6.00. The van der Waals surface area contributed by atoms with Gasteiger partial charge in [-0.3, -0.25) is 4.79 Å². The van der Waals surface area contributed by atoms with Crippen LogP contribution in [-0.2, 0) is 10.0 Å². The van der Waals surface area contributed by atoms with E-state index >= 15 is 0 Å². The lowest BCUT2D eigenvalue weighted by Gasteiger charge is -2.18. The molecule has 0 aromatic heterocycles. The van der Waals surface area contributed by atoms with Crippen molar-refractivity contribution in [1.29, 1.82) is 0 Å². The number of nitrogens with zero attached hydrogens (tertiary/aromatic N) is 1. The number of amides is 1. The number of ether oxygens (including phenoxy) is 1. The van der Waals surface area contributed by atoms with Crippen molar-refractivity contribution in [2.24, 2.45) is 0 Å². The summed E-state index contributed by atoms with van der Waals surface area (Å²) in [5.74, 6) is 0.0425. The number of hydrogen-bond donors (Lipinski definition) is 1. The van der Waals surface area contributed by atoms with E-state index in [2.05, 4.69) is 5.32 Å². The molecule has 0 aliphatic carbocycles. The van der Waals surface area contributed by atoms with Crippen LogP contribution in [0.4, 0.5) is 0 Å². The zero-order valence-corrected chi connectivity index (χ0v) is 14.6. The van der Waals surface area contributed by atoms with Crippen molar-refractivity contribution in [2.45, 2.75) is 44.0 Å². The molecule has 128 valence electrons. The first kappa shape index (κ1) is 17.7. The molecule has 1 saturated heterocycles. The number of nitrogens with one attached hydrogen (secondary N) is 1. The molecule has 1 fully saturated rings. The van der Waals surface area contributed by atoms with Crippen LogP contribution in [0.1, 0.15) is 43.5 Å². The molecule has 0 bridgehead atoms. The van der Waals surface area contributed by atoms with E-state index < -0.39 is 10.0 Å². The third kappa shape index (κ3) is 3.84. The molecule has 7 heteroatoms. The molecule has 1 N–H and O–H groups in total. The van der Waals surface area contributed by atoms with Crippen molar-refractivity contribution < 1.29 is 17.9 Å². The zero-order valence-electron chi connectivity index (χ0n) is 13.8. The van der Waals surface area contributed by atoms with Crippen molar-refractivity contribution in [2.75, 3.05) is 20.2 Å². The number of rotatable bonds is 6. The molecule has 1 aromatic carbocycles. The van der Waals surface area contributed by atoms with Gasteiger partial charge >= 0.3 is 0 Å². The predicted molar refractivity (Wildman–Crippen MR) is 88.2 cm³/mol. The van der Waals surface area contributed by atoms with Crippen LogP contribution in [0.25, 0.3) is 0 Å². The molecule has 1 aliphatic heterocycles. The Morgan fingerprint density at radius 2 is 2.00 bits per heavy atom. The molecule has 1 atom stereocenters. The molecule has 0 saturated carbocycles. The number of hydrogen-bond acceptors (Lipinski definition) is 4. The standard InChI is InChI=1S/C16H24N2O4S/c1-4-12(2)17-16(19)14-11-13(7-8-15(14)22-3)23(20,21)18-9-5-6-10-18/h7-8,11-12H,4-6,9-10H2,1-3H3,(H,17,19). The first-order valence-electron chi connectivity index (χ1n) is 7.89. The third-order valence-electron chi connectivity index (χ3n) is 4.11. The van der Waals surface area contributed by atoms with Gasteiger partial charge in [0.25, 0.3) is 5.91 Å². The van der Waals surface area contributed by atoms with Crippen LogP contribution in [0.2, 0.25) is 0 Å². The minimum atomic E-state index is -3.56. The van der Waals surface area contributed by atoms with Crippen LogP contribution in [0.3, 0.4) is 0 Å². The first-order valence-corrected chi connectivity index (χ1v) is 9.33. The van der Waals surface area contributed by atoms with Gasteiger partial charge in [0.15, 0.2) is 0 Å². The molecule has 0 spiro atoms. The van der Waals surface area contributed by atoms with Crippen LogP contribution in [-0.4, -0.2) is 44.9 Å². The first-order chi connectivity index (χ1) is 10.9. The van der Waals surface area contributed by atoms with Gasteiger partial charge in [-0.2, -0.15) is 4.31 Å². The van der Waals surface area contributed by atoms with Gasteiger partial charge in [-0.05, 0) is 44.4 Å². The molecule has 0 radical (unpaired) electrons. The van der Waals surface area contributed by atoms with E-state index in [1.54, 1.807) is 0 Å². The molecule has 1 amide bonds. The normalized spacial score (nSPS) is 17.0. The molecule has 2 rings (SSSR count). The van der Waals surface area contributed by atoms with Crippen LogP contribution >= 0.6 is 0 Å². The second-order valence-corrected chi connectivity index (χ2v) is 7.69. The minimum absolute atomic E-state index is 0.00560. The van der Waals surface area contributed by atoms with Crippen molar-refractivity contribution in [3.63, 3.8) is 0 Å². The van der Waals surface area contributed by atoms with E-state index in [-0.39, 0.29) is 22.4 Å². The predicted octanol–water partition coefficient (Wildman–Crippen LogP) is 2.01. The maximum Gasteiger partial charge on any atom is 0.255 e. The highest BCUT2D eigenvalue weighted by molar-refractivity contribution is 7.89. The number of carbonyl (C=O) groups excluding carboxylic acids is 1. The monoisotopic (exact) mass is 340 g/mol. The maximum atomic E-state index is 12.6. The Kier molecular flexibility index (Phi) is 5.64. The highest BCUT2D eigenvalue weighted by Gasteiger charge is 2.28. The van der Waals surface area contributed by atoms with Gasteiger partial charge in [0, 0.05) is 19.1 Å².